The van der Waals surface area contributed by atoms with Gasteiger partial charge < -0.3 is 9.64 Å². The van der Waals surface area contributed by atoms with Gasteiger partial charge in [-0.2, -0.15) is 0 Å². The zero-order valence-electron chi connectivity index (χ0n) is 8.87. The van der Waals surface area contributed by atoms with Gasteiger partial charge in [0, 0.05) is 13.0 Å². The Hall–Kier alpha value is -0.570. The Bertz CT molecular complexity index is 217. The predicted molar refractivity (Wildman–Crippen MR) is 54.0 cm³/mol. The van der Waals surface area contributed by atoms with Crippen molar-refractivity contribution in [1.29, 1.82) is 0 Å². The molecule has 1 heterocycles. The molecule has 1 aliphatic carbocycles. The highest BCUT2D eigenvalue weighted by Crippen LogP contribution is 2.29. The van der Waals surface area contributed by atoms with Crippen LogP contribution in [0.1, 0.15) is 39.0 Å². The zero-order valence-corrected chi connectivity index (χ0v) is 8.87. The molecular weight excluding hydrogens is 178 g/mol. The maximum atomic E-state index is 11.8. The molecule has 2 atom stereocenters. The number of hydrogen-bond donors (Lipinski definition) is 0. The van der Waals surface area contributed by atoms with Gasteiger partial charge in [-0.25, -0.2) is 0 Å². The van der Waals surface area contributed by atoms with E-state index in [-0.39, 0.29) is 0 Å². The summed E-state index contributed by atoms with van der Waals surface area (Å²) in [4.78, 5) is 13.9. The van der Waals surface area contributed by atoms with Crippen molar-refractivity contribution in [3.63, 3.8) is 0 Å². The van der Waals surface area contributed by atoms with Gasteiger partial charge in [0.2, 0.25) is 5.91 Å². The van der Waals surface area contributed by atoms with Crippen LogP contribution in [0.15, 0.2) is 0 Å². The number of carbonyl (C=O) groups excluding carboxylic acids is 1. The second-order valence-corrected chi connectivity index (χ2v) is 4.24. The molecular formula is C11H19NO2. The first kappa shape index (κ1) is 9.97. The molecule has 0 N–H and O–H groups in total. The predicted octanol–water partition coefficient (Wildman–Crippen LogP) is 1.57. The smallest absolute Gasteiger partial charge is 0.222 e. The molecule has 0 bridgehead atoms. The number of hydrogen-bond acceptors (Lipinski definition) is 2. The maximum Gasteiger partial charge on any atom is 0.222 e. The molecule has 14 heavy (non-hydrogen) atoms. The lowest BCUT2D eigenvalue weighted by molar-refractivity contribution is -0.144. The molecule has 1 amide bonds. The van der Waals surface area contributed by atoms with Gasteiger partial charge in [0.25, 0.3) is 0 Å². The van der Waals surface area contributed by atoms with Crippen molar-refractivity contribution < 1.29 is 9.53 Å². The van der Waals surface area contributed by atoms with Gasteiger partial charge in [-0.15, -0.1) is 0 Å². The minimum absolute atomic E-state index is 0.327. The fraction of sp³-hybridized carbons (Fsp3) is 0.909. The van der Waals surface area contributed by atoms with Gasteiger partial charge in [-0.05, 0) is 25.7 Å². The van der Waals surface area contributed by atoms with Crippen molar-refractivity contribution in [2.24, 2.45) is 0 Å². The van der Waals surface area contributed by atoms with E-state index in [1.54, 1.807) is 0 Å². The first-order valence-corrected chi connectivity index (χ1v) is 5.74. The summed E-state index contributed by atoms with van der Waals surface area (Å²) in [6, 6.07) is 0.391. The number of rotatable bonds is 2. The van der Waals surface area contributed by atoms with Crippen molar-refractivity contribution >= 4 is 5.91 Å². The lowest BCUT2D eigenvalue weighted by Gasteiger charge is -2.37. The van der Waals surface area contributed by atoms with Crippen molar-refractivity contribution in [2.75, 3.05) is 13.2 Å². The van der Waals surface area contributed by atoms with E-state index >= 15 is 0 Å². The van der Waals surface area contributed by atoms with Crippen molar-refractivity contribution in [1.82, 2.24) is 4.90 Å². The molecule has 2 unspecified atom stereocenters. The van der Waals surface area contributed by atoms with E-state index in [4.69, 9.17) is 4.74 Å². The van der Waals surface area contributed by atoms with Crippen molar-refractivity contribution in [2.45, 2.75) is 51.2 Å². The highest BCUT2D eigenvalue weighted by molar-refractivity contribution is 5.76. The lowest BCUT2D eigenvalue weighted by atomic mass is 10.1. The van der Waals surface area contributed by atoms with Crippen LogP contribution in [0.2, 0.25) is 0 Å². The molecule has 2 rings (SSSR count). The van der Waals surface area contributed by atoms with Crippen LogP contribution < -0.4 is 0 Å². The SMILES string of the molecule is CCCC(=O)N1CCOC2CCCC21. The van der Waals surface area contributed by atoms with Crippen LogP contribution in [0, 0.1) is 0 Å². The number of ether oxygens (including phenoxy) is 1. The molecule has 0 aromatic carbocycles. The molecule has 1 aliphatic heterocycles. The van der Waals surface area contributed by atoms with Crippen LogP contribution >= 0.6 is 0 Å². The topological polar surface area (TPSA) is 29.5 Å². The van der Waals surface area contributed by atoms with Gasteiger partial charge in [0.1, 0.15) is 0 Å². The van der Waals surface area contributed by atoms with Crippen molar-refractivity contribution in [3.8, 4) is 0 Å². The minimum Gasteiger partial charge on any atom is -0.374 e. The normalized spacial score (nSPS) is 31.6. The minimum atomic E-state index is 0.327. The quantitative estimate of drug-likeness (QED) is 0.672. The van der Waals surface area contributed by atoms with E-state index in [2.05, 4.69) is 11.8 Å². The van der Waals surface area contributed by atoms with E-state index in [1.807, 2.05) is 0 Å². The highest BCUT2D eigenvalue weighted by Gasteiger charge is 2.37. The van der Waals surface area contributed by atoms with Crippen LogP contribution in [-0.2, 0) is 9.53 Å². The number of carbonyl (C=O) groups is 1. The summed E-state index contributed by atoms with van der Waals surface area (Å²) in [7, 11) is 0. The molecule has 3 nitrogen and oxygen atoms in total. The molecule has 0 spiro atoms. The van der Waals surface area contributed by atoms with Gasteiger partial charge >= 0.3 is 0 Å². The summed E-state index contributed by atoms with van der Waals surface area (Å²) in [6.07, 6.45) is 5.48. The second kappa shape index (κ2) is 4.30. The highest BCUT2D eigenvalue weighted by atomic mass is 16.5. The van der Waals surface area contributed by atoms with Gasteiger partial charge in [0.15, 0.2) is 0 Å². The van der Waals surface area contributed by atoms with Gasteiger partial charge in [0.05, 0.1) is 18.8 Å². The Morgan fingerprint density at radius 3 is 3.14 bits per heavy atom. The standard InChI is InChI=1S/C11H19NO2/c1-2-4-11(13)12-7-8-14-10-6-3-5-9(10)12/h9-10H,2-8H2,1H3. The Morgan fingerprint density at radius 1 is 1.50 bits per heavy atom. The third kappa shape index (κ3) is 1.78. The zero-order chi connectivity index (χ0) is 9.97. The summed E-state index contributed by atoms with van der Waals surface area (Å²) in [6.45, 7) is 3.60. The average Bonchev–Trinajstić information content (AvgIpc) is 2.65. The monoisotopic (exact) mass is 197 g/mol. The van der Waals surface area contributed by atoms with Crippen LogP contribution in [-0.4, -0.2) is 36.1 Å². The summed E-state index contributed by atoms with van der Waals surface area (Å²) in [5.74, 6) is 0.327. The molecule has 1 saturated carbocycles. The maximum absolute atomic E-state index is 11.8. The van der Waals surface area contributed by atoms with Crippen molar-refractivity contribution in [3.05, 3.63) is 0 Å². The fourth-order valence-corrected chi connectivity index (χ4v) is 2.59. The van der Waals surface area contributed by atoms with Crippen LogP contribution in [0.4, 0.5) is 0 Å². The third-order valence-electron chi connectivity index (χ3n) is 3.27. The fourth-order valence-electron chi connectivity index (χ4n) is 2.59. The Balaban J connectivity index is 1.99. The Labute approximate surface area is 85.4 Å². The molecule has 0 radical (unpaired) electrons. The molecule has 2 aliphatic rings. The average molecular weight is 197 g/mol. The van der Waals surface area contributed by atoms with E-state index in [1.165, 1.54) is 6.42 Å². The van der Waals surface area contributed by atoms with E-state index in [0.29, 0.717) is 24.5 Å². The Morgan fingerprint density at radius 2 is 2.36 bits per heavy atom. The number of nitrogens with zero attached hydrogens (tertiary/aromatic N) is 1. The molecule has 2 fully saturated rings. The Kier molecular flexibility index (Phi) is 3.06. The first-order chi connectivity index (χ1) is 6.83. The summed E-state index contributed by atoms with van der Waals surface area (Å²) in [5.41, 5.74) is 0. The molecule has 80 valence electrons. The van der Waals surface area contributed by atoms with Crippen LogP contribution in [0.5, 0.6) is 0 Å². The third-order valence-corrected chi connectivity index (χ3v) is 3.27. The number of amides is 1. The lowest BCUT2D eigenvalue weighted by Crippen LogP contribution is -2.51. The molecule has 0 aromatic rings. The first-order valence-electron chi connectivity index (χ1n) is 5.74. The largest absolute Gasteiger partial charge is 0.374 e. The van der Waals surface area contributed by atoms with Crippen LogP contribution in [0.3, 0.4) is 0 Å². The van der Waals surface area contributed by atoms with Gasteiger partial charge in [-0.3, -0.25) is 4.79 Å². The molecule has 0 aromatic heterocycles. The summed E-state index contributed by atoms with van der Waals surface area (Å²) < 4.78 is 5.67. The van der Waals surface area contributed by atoms with E-state index in [0.717, 1.165) is 32.4 Å². The van der Waals surface area contributed by atoms with E-state index in [9.17, 15) is 4.79 Å². The summed E-state index contributed by atoms with van der Waals surface area (Å²) >= 11 is 0. The van der Waals surface area contributed by atoms with E-state index < -0.39 is 0 Å². The summed E-state index contributed by atoms with van der Waals surface area (Å²) in [5, 5.41) is 0. The number of fused-ring (bicyclic) bond motifs is 1. The van der Waals surface area contributed by atoms with Crippen LogP contribution in [0.25, 0.3) is 0 Å². The number of morpholine rings is 1. The van der Waals surface area contributed by atoms with Gasteiger partial charge in [-0.1, -0.05) is 6.92 Å². The molecule has 3 heteroatoms. The molecule has 1 saturated heterocycles. The second-order valence-electron chi connectivity index (χ2n) is 4.24.